The van der Waals surface area contributed by atoms with Crippen LogP contribution in [0.5, 0.6) is 23.0 Å². The van der Waals surface area contributed by atoms with E-state index in [0.717, 1.165) is 28.9 Å². The quantitative estimate of drug-likeness (QED) is 0.822. The van der Waals surface area contributed by atoms with Crippen molar-refractivity contribution in [2.45, 2.75) is 19.3 Å². The molecule has 1 N–H and O–H groups in total. The number of phenolic OH excluding ortho intramolecular Hbond substituents is 1. The third-order valence-corrected chi connectivity index (χ3v) is 5.90. The highest BCUT2D eigenvalue weighted by atomic mass is 16.7. The van der Waals surface area contributed by atoms with Crippen LogP contribution in [-0.2, 0) is 16.0 Å². The molecule has 3 atom stereocenters. The second-order valence-electron chi connectivity index (χ2n) is 7.39. The lowest BCUT2D eigenvalue weighted by atomic mass is 9.67. The molecule has 1 aliphatic carbocycles. The first-order valence-corrected chi connectivity index (χ1v) is 9.03. The summed E-state index contributed by atoms with van der Waals surface area (Å²) in [6.07, 6.45) is 0.771. The van der Waals surface area contributed by atoms with Gasteiger partial charge in [-0.15, -0.1) is 0 Å². The molecule has 0 amide bonds. The van der Waals surface area contributed by atoms with Crippen molar-refractivity contribution in [2.24, 2.45) is 11.8 Å². The number of esters is 1. The standard InChI is InChI=1S/C21H20O6/c1-10-3-12(6-17(24-2)20(10)22)18-14-7-16-15(26-9-27-16)5-11(14)4-13-8-25-21(23)19(13)18/h3,5-7,13,18-19,22H,4,8-9H2,1-2H3. The minimum absolute atomic E-state index is 0.119. The van der Waals surface area contributed by atoms with Gasteiger partial charge in [-0.05, 0) is 53.8 Å². The summed E-state index contributed by atoms with van der Waals surface area (Å²) in [7, 11) is 1.53. The third kappa shape index (κ3) is 2.36. The minimum Gasteiger partial charge on any atom is -0.504 e. The fourth-order valence-corrected chi connectivity index (χ4v) is 4.61. The van der Waals surface area contributed by atoms with Gasteiger partial charge < -0.3 is 24.1 Å². The van der Waals surface area contributed by atoms with Gasteiger partial charge in [-0.25, -0.2) is 0 Å². The van der Waals surface area contributed by atoms with Crippen LogP contribution in [0, 0.1) is 18.8 Å². The molecule has 3 unspecified atom stereocenters. The van der Waals surface area contributed by atoms with E-state index in [0.29, 0.717) is 23.7 Å². The van der Waals surface area contributed by atoms with Crippen molar-refractivity contribution in [2.75, 3.05) is 20.5 Å². The van der Waals surface area contributed by atoms with E-state index in [-0.39, 0.29) is 36.3 Å². The van der Waals surface area contributed by atoms with Crippen LogP contribution in [0.25, 0.3) is 0 Å². The molecule has 27 heavy (non-hydrogen) atoms. The fraction of sp³-hybridized carbons (Fsp3) is 0.381. The summed E-state index contributed by atoms with van der Waals surface area (Å²) in [6.45, 7) is 2.47. The van der Waals surface area contributed by atoms with Crippen molar-refractivity contribution >= 4 is 5.97 Å². The Kier molecular flexibility index (Phi) is 3.50. The first-order valence-electron chi connectivity index (χ1n) is 9.03. The number of aryl methyl sites for hydroxylation is 1. The predicted octanol–water partition coefficient (Wildman–Crippen LogP) is 2.92. The number of methoxy groups -OCH3 is 1. The number of phenols is 1. The molecule has 2 aliphatic heterocycles. The van der Waals surface area contributed by atoms with E-state index in [1.54, 1.807) is 0 Å². The maximum absolute atomic E-state index is 12.6. The Balaban J connectivity index is 1.72. The Morgan fingerprint density at radius 3 is 2.67 bits per heavy atom. The summed E-state index contributed by atoms with van der Waals surface area (Å²) >= 11 is 0. The third-order valence-electron chi connectivity index (χ3n) is 5.90. The van der Waals surface area contributed by atoms with Crippen molar-refractivity contribution in [3.8, 4) is 23.0 Å². The molecule has 140 valence electrons. The van der Waals surface area contributed by atoms with Crippen molar-refractivity contribution in [1.82, 2.24) is 0 Å². The summed E-state index contributed by atoms with van der Waals surface area (Å²) in [6, 6.07) is 7.74. The van der Waals surface area contributed by atoms with Gasteiger partial charge in [0.15, 0.2) is 23.0 Å². The van der Waals surface area contributed by atoms with Crippen LogP contribution < -0.4 is 14.2 Å². The maximum Gasteiger partial charge on any atom is 0.310 e. The highest BCUT2D eigenvalue weighted by molar-refractivity contribution is 5.78. The number of benzene rings is 2. The number of carbonyl (C=O) groups excluding carboxylic acids is 1. The Bertz CT molecular complexity index is 950. The number of aromatic hydroxyl groups is 1. The SMILES string of the molecule is COc1cc(C2c3cc4c(cc3CC3COC(=O)C32)OCO4)cc(C)c1O. The van der Waals surface area contributed by atoms with Crippen LogP contribution in [0.15, 0.2) is 24.3 Å². The molecule has 6 nitrogen and oxygen atoms in total. The second-order valence-corrected chi connectivity index (χ2v) is 7.39. The van der Waals surface area contributed by atoms with E-state index in [2.05, 4.69) is 0 Å². The molecule has 0 saturated carbocycles. The zero-order valence-corrected chi connectivity index (χ0v) is 15.2. The zero-order valence-electron chi connectivity index (χ0n) is 15.2. The van der Waals surface area contributed by atoms with E-state index >= 15 is 0 Å². The Morgan fingerprint density at radius 2 is 1.89 bits per heavy atom. The average molecular weight is 368 g/mol. The normalized spacial score (nSPS) is 25.0. The zero-order chi connectivity index (χ0) is 18.7. The van der Waals surface area contributed by atoms with Gasteiger partial charge in [-0.3, -0.25) is 4.79 Å². The van der Waals surface area contributed by atoms with Crippen LogP contribution in [0.3, 0.4) is 0 Å². The summed E-state index contributed by atoms with van der Waals surface area (Å²) in [5.74, 6) is 1.48. The van der Waals surface area contributed by atoms with Gasteiger partial charge in [0.1, 0.15) is 0 Å². The molecule has 0 aromatic heterocycles. The van der Waals surface area contributed by atoms with Gasteiger partial charge in [-0.1, -0.05) is 6.07 Å². The van der Waals surface area contributed by atoms with Gasteiger partial charge in [0.05, 0.1) is 19.6 Å². The summed E-state index contributed by atoms with van der Waals surface area (Å²) in [5, 5.41) is 10.2. The molecule has 3 aliphatic rings. The van der Waals surface area contributed by atoms with Crippen molar-refractivity contribution in [3.63, 3.8) is 0 Å². The first-order chi connectivity index (χ1) is 13.1. The Morgan fingerprint density at radius 1 is 1.11 bits per heavy atom. The number of fused-ring (bicyclic) bond motifs is 3. The molecule has 0 bridgehead atoms. The molecule has 0 spiro atoms. The fourth-order valence-electron chi connectivity index (χ4n) is 4.61. The van der Waals surface area contributed by atoms with Crippen LogP contribution in [0.4, 0.5) is 0 Å². The van der Waals surface area contributed by atoms with Crippen LogP contribution in [0.1, 0.15) is 28.2 Å². The Labute approximate surface area is 156 Å². The largest absolute Gasteiger partial charge is 0.504 e. The second kappa shape index (κ2) is 5.81. The minimum atomic E-state index is -0.258. The van der Waals surface area contributed by atoms with Crippen molar-refractivity contribution in [1.29, 1.82) is 0 Å². The van der Waals surface area contributed by atoms with Gasteiger partial charge in [0.2, 0.25) is 6.79 Å². The number of hydrogen-bond donors (Lipinski definition) is 1. The van der Waals surface area contributed by atoms with Gasteiger partial charge in [0, 0.05) is 11.8 Å². The van der Waals surface area contributed by atoms with Gasteiger partial charge >= 0.3 is 5.97 Å². The number of ether oxygens (including phenoxy) is 4. The molecule has 1 fully saturated rings. The lowest BCUT2D eigenvalue weighted by Crippen LogP contribution is -2.31. The van der Waals surface area contributed by atoms with E-state index in [1.165, 1.54) is 7.11 Å². The summed E-state index contributed by atoms with van der Waals surface area (Å²) in [5.41, 5.74) is 3.83. The van der Waals surface area contributed by atoms with E-state index in [4.69, 9.17) is 18.9 Å². The van der Waals surface area contributed by atoms with Gasteiger partial charge in [0.25, 0.3) is 0 Å². The molecule has 1 saturated heterocycles. The van der Waals surface area contributed by atoms with Crippen LogP contribution in [0.2, 0.25) is 0 Å². The number of rotatable bonds is 2. The van der Waals surface area contributed by atoms with Gasteiger partial charge in [-0.2, -0.15) is 0 Å². The predicted molar refractivity (Wildman–Crippen MR) is 95.4 cm³/mol. The Hall–Kier alpha value is -2.89. The average Bonchev–Trinajstić information content (AvgIpc) is 3.26. The van der Waals surface area contributed by atoms with Crippen molar-refractivity contribution < 1.29 is 28.8 Å². The lowest BCUT2D eigenvalue weighted by Gasteiger charge is -2.33. The first kappa shape index (κ1) is 16.3. The molecule has 5 rings (SSSR count). The van der Waals surface area contributed by atoms with Crippen LogP contribution in [-0.4, -0.2) is 31.6 Å². The topological polar surface area (TPSA) is 74.2 Å². The molecular weight excluding hydrogens is 348 g/mol. The summed E-state index contributed by atoms with van der Waals surface area (Å²) in [4.78, 5) is 12.6. The van der Waals surface area contributed by atoms with Crippen LogP contribution >= 0.6 is 0 Å². The number of cyclic esters (lactones) is 1. The summed E-state index contributed by atoms with van der Waals surface area (Å²) < 4.78 is 21.9. The smallest absolute Gasteiger partial charge is 0.310 e. The molecule has 2 heterocycles. The highest BCUT2D eigenvalue weighted by Crippen LogP contribution is 2.51. The molecular formula is C21H20O6. The lowest BCUT2D eigenvalue weighted by molar-refractivity contribution is -0.141. The number of hydrogen-bond acceptors (Lipinski definition) is 6. The molecule has 0 radical (unpaired) electrons. The molecule has 2 aromatic rings. The molecule has 6 heteroatoms. The highest BCUT2D eigenvalue weighted by Gasteiger charge is 2.48. The molecule has 2 aromatic carbocycles. The van der Waals surface area contributed by atoms with E-state index in [9.17, 15) is 9.90 Å². The van der Waals surface area contributed by atoms with Crippen molar-refractivity contribution in [3.05, 3.63) is 46.5 Å². The maximum atomic E-state index is 12.6. The van der Waals surface area contributed by atoms with E-state index in [1.807, 2.05) is 31.2 Å². The number of carbonyl (C=O) groups is 1. The monoisotopic (exact) mass is 368 g/mol. The van der Waals surface area contributed by atoms with E-state index < -0.39 is 0 Å².